The Morgan fingerprint density at radius 1 is 1.42 bits per heavy atom. The van der Waals surface area contributed by atoms with Crippen LogP contribution in [0.2, 0.25) is 0 Å². The SMILES string of the molecule is N#CC(=S)NCc1ccccc1. The van der Waals surface area contributed by atoms with E-state index >= 15 is 0 Å². The number of benzene rings is 1. The van der Waals surface area contributed by atoms with Gasteiger partial charge in [0.2, 0.25) is 0 Å². The summed E-state index contributed by atoms with van der Waals surface area (Å²) in [5.41, 5.74) is 1.12. The van der Waals surface area contributed by atoms with Crippen molar-refractivity contribution in [2.24, 2.45) is 0 Å². The summed E-state index contributed by atoms with van der Waals surface area (Å²) < 4.78 is 0. The lowest BCUT2D eigenvalue weighted by atomic mass is 10.2. The molecule has 0 aromatic heterocycles. The van der Waals surface area contributed by atoms with Gasteiger partial charge in [0, 0.05) is 6.54 Å². The quantitative estimate of drug-likeness (QED) is 0.696. The average molecular weight is 176 g/mol. The molecule has 0 radical (unpaired) electrons. The van der Waals surface area contributed by atoms with Crippen LogP contribution in [-0.2, 0) is 6.54 Å². The van der Waals surface area contributed by atoms with Crippen molar-refractivity contribution in [3.8, 4) is 6.07 Å². The fourth-order valence-electron chi connectivity index (χ4n) is 0.818. The molecule has 0 amide bonds. The average Bonchev–Trinajstić information content (AvgIpc) is 2.16. The van der Waals surface area contributed by atoms with Gasteiger partial charge in [0.05, 0.1) is 0 Å². The van der Waals surface area contributed by atoms with Crippen molar-refractivity contribution in [2.75, 3.05) is 0 Å². The van der Waals surface area contributed by atoms with E-state index in [1.165, 1.54) is 0 Å². The van der Waals surface area contributed by atoms with Gasteiger partial charge in [-0.05, 0) is 17.8 Å². The Kier molecular flexibility index (Phi) is 3.24. The lowest BCUT2D eigenvalue weighted by Gasteiger charge is -2.00. The van der Waals surface area contributed by atoms with Crippen molar-refractivity contribution in [1.82, 2.24) is 5.32 Å². The van der Waals surface area contributed by atoms with E-state index in [2.05, 4.69) is 17.5 Å². The lowest BCUT2D eigenvalue weighted by Crippen LogP contribution is -2.18. The standard InChI is InChI=1S/C9H8N2S/c10-6-9(12)11-7-8-4-2-1-3-5-8/h1-5H,7H2,(H,11,12). The Labute approximate surface area is 76.8 Å². The van der Waals surface area contributed by atoms with E-state index in [4.69, 9.17) is 5.26 Å². The molecular weight excluding hydrogens is 168 g/mol. The van der Waals surface area contributed by atoms with E-state index in [1.807, 2.05) is 36.4 Å². The van der Waals surface area contributed by atoms with Crippen LogP contribution in [0.1, 0.15) is 5.56 Å². The molecule has 12 heavy (non-hydrogen) atoms. The Balaban J connectivity index is 2.45. The van der Waals surface area contributed by atoms with Crippen LogP contribution < -0.4 is 5.32 Å². The molecular formula is C9H8N2S. The van der Waals surface area contributed by atoms with Gasteiger partial charge in [-0.25, -0.2) is 0 Å². The third kappa shape index (κ3) is 2.69. The molecule has 0 unspecified atom stereocenters. The molecule has 1 rings (SSSR count). The first-order chi connectivity index (χ1) is 5.83. The van der Waals surface area contributed by atoms with Gasteiger partial charge in [0.25, 0.3) is 0 Å². The van der Waals surface area contributed by atoms with Crippen LogP contribution >= 0.6 is 12.2 Å². The summed E-state index contributed by atoms with van der Waals surface area (Å²) in [5.74, 6) is 0. The molecule has 0 aliphatic heterocycles. The van der Waals surface area contributed by atoms with Gasteiger partial charge in [0.15, 0.2) is 4.99 Å². The maximum absolute atomic E-state index is 8.36. The maximum Gasteiger partial charge on any atom is 0.178 e. The Morgan fingerprint density at radius 3 is 2.67 bits per heavy atom. The van der Waals surface area contributed by atoms with E-state index < -0.39 is 0 Å². The van der Waals surface area contributed by atoms with Crippen LogP contribution in [0.15, 0.2) is 30.3 Å². The van der Waals surface area contributed by atoms with Crippen LogP contribution in [0.25, 0.3) is 0 Å². The molecule has 3 heteroatoms. The highest BCUT2D eigenvalue weighted by Crippen LogP contribution is 1.96. The van der Waals surface area contributed by atoms with Gasteiger partial charge in [0.1, 0.15) is 6.07 Å². The van der Waals surface area contributed by atoms with E-state index in [1.54, 1.807) is 0 Å². The van der Waals surface area contributed by atoms with Crippen LogP contribution in [0, 0.1) is 11.3 Å². The number of hydrogen-bond donors (Lipinski definition) is 1. The molecule has 0 saturated carbocycles. The summed E-state index contributed by atoms with van der Waals surface area (Å²) in [6.07, 6.45) is 0. The third-order valence-electron chi connectivity index (χ3n) is 1.40. The minimum atomic E-state index is 0.235. The van der Waals surface area contributed by atoms with Crippen molar-refractivity contribution in [2.45, 2.75) is 6.54 Å². The molecule has 0 bridgehead atoms. The van der Waals surface area contributed by atoms with E-state index in [0.29, 0.717) is 6.54 Å². The topological polar surface area (TPSA) is 35.8 Å². The van der Waals surface area contributed by atoms with Crippen molar-refractivity contribution in [1.29, 1.82) is 5.26 Å². The molecule has 1 aromatic rings. The van der Waals surface area contributed by atoms with Crippen LogP contribution in [0.5, 0.6) is 0 Å². The number of rotatable bonds is 2. The molecule has 1 N–H and O–H groups in total. The molecule has 0 atom stereocenters. The number of nitrogens with one attached hydrogen (secondary N) is 1. The third-order valence-corrected chi connectivity index (χ3v) is 1.63. The predicted octanol–water partition coefficient (Wildman–Crippen LogP) is 1.63. The first-order valence-corrected chi connectivity index (χ1v) is 3.95. The van der Waals surface area contributed by atoms with Gasteiger partial charge in [-0.1, -0.05) is 30.3 Å². The molecule has 2 nitrogen and oxygen atoms in total. The predicted molar refractivity (Wildman–Crippen MR) is 51.5 cm³/mol. The summed E-state index contributed by atoms with van der Waals surface area (Å²) in [4.78, 5) is 0.235. The molecule has 60 valence electrons. The van der Waals surface area contributed by atoms with Crippen molar-refractivity contribution in [3.05, 3.63) is 35.9 Å². The number of hydrogen-bond acceptors (Lipinski definition) is 2. The molecule has 0 aliphatic rings. The van der Waals surface area contributed by atoms with Gasteiger partial charge < -0.3 is 5.32 Å². The number of nitrogens with zero attached hydrogens (tertiary/aromatic N) is 1. The zero-order chi connectivity index (χ0) is 8.81. The molecule has 0 saturated heterocycles. The van der Waals surface area contributed by atoms with Crippen LogP contribution in [-0.4, -0.2) is 4.99 Å². The summed E-state index contributed by atoms with van der Waals surface area (Å²) in [5, 5.41) is 11.2. The zero-order valence-corrected chi connectivity index (χ0v) is 7.27. The molecule has 0 heterocycles. The maximum atomic E-state index is 8.36. The highest BCUT2D eigenvalue weighted by Gasteiger charge is 1.92. The van der Waals surface area contributed by atoms with Crippen LogP contribution in [0.3, 0.4) is 0 Å². The summed E-state index contributed by atoms with van der Waals surface area (Å²) in [7, 11) is 0. The molecule has 0 spiro atoms. The Bertz CT molecular complexity index is 300. The van der Waals surface area contributed by atoms with Gasteiger partial charge in [-0.15, -0.1) is 0 Å². The summed E-state index contributed by atoms with van der Waals surface area (Å²) >= 11 is 4.68. The Morgan fingerprint density at radius 2 is 2.08 bits per heavy atom. The van der Waals surface area contributed by atoms with Crippen molar-refractivity contribution < 1.29 is 0 Å². The minimum Gasteiger partial charge on any atom is -0.364 e. The van der Waals surface area contributed by atoms with Crippen molar-refractivity contribution in [3.63, 3.8) is 0 Å². The van der Waals surface area contributed by atoms with E-state index in [-0.39, 0.29) is 4.99 Å². The largest absolute Gasteiger partial charge is 0.364 e. The van der Waals surface area contributed by atoms with Crippen LogP contribution in [0.4, 0.5) is 0 Å². The second-order valence-electron chi connectivity index (χ2n) is 2.28. The van der Waals surface area contributed by atoms with E-state index in [9.17, 15) is 0 Å². The lowest BCUT2D eigenvalue weighted by molar-refractivity contribution is 0.933. The van der Waals surface area contributed by atoms with E-state index in [0.717, 1.165) is 5.56 Å². The monoisotopic (exact) mass is 176 g/mol. The van der Waals surface area contributed by atoms with Gasteiger partial charge in [-0.2, -0.15) is 5.26 Å². The minimum absolute atomic E-state index is 0.235. The molecule has 0 fully saturated rings. The van der Waals surface area contributed by atoms with Gasteiger partial charge >= 0.3 is 0 Å². The first-order valence-electron chi connectivity index (χ1n) is 3.55. The highest BCUT2D eigenvalue weighted by molar-refractivity contribution is 7.80. The fourth-order valence-corrected chi connectivity index (χ4v) is 0.890. The van der Waals surface area contributed by atoms with Gasteiger partial charge in [-0.3, -0.25) is 0 Å². The van der Waals surface area contributed by atoms with Crippen molar-refractivity contribution >= 4 is 17.2 Å². The smallest absolute Gasteiger partial charge is 0.178 e. The summed E-state index contributed by atoms with van der Waals surface area (Å²) in [6.45, 7) is 0.618. The zero-order valence-electron chi connectivity index (χ0n) is 6.45. The second kappa shape index (κ2) is 4.47. The molecule has 0 aliphatic carbocycles. The molecule has 1 aromatic carbocycles. The fraction of sp³-hybridized carbons (Fsp3) is 0.111. The normalized spacial score (nSPS) is 8.58. The second-order valence-corrected chi connectivity index (χ2v) is 2.69. The number of thiocarbonyl (C=S) groups is 1. The summed E-state index contributed by atoms with van der Waals surface area (Å²) in [6, 6.07) is 11.7. The first kappa shape index (κ1) is 8.69. The Hall–Kier alpha value is -1.40. The number of nitriles is 1. The highest BCUT2D eigenvalue weighted by atomic mass is 32.1.